The van der Waals surface area contributed by atoms with Crippen molar-refractivity contribution in [2.45, 2.75) is 85.0 Å². The molecule has 0 amide bonds. The van der Waals surface area contributed by atoms with Crippen molar-refractivity contribution in [1.82, 2.24) is 0 Å². The molecule has 18 heavy (non-hydrogen) atoms. The number of rotatable bonds is 12. The molecule has 108 valence electrons. The van der Waals surface area contributed by atoms with Crippen LogP contribution >= 0.6 is 0 Å². The molecule has 0 aliphatic rings. The largest absolute Gasteiger partial charge is 0.481 e. The molecule has 2 unspecified atom stereocenters. The Morgan fingerprint density at radius 2 is 1.33 bits per heavy atom. The molecule has 0 bridgehead atoms. The highest BCUT2D eigenvalue weighted by atomic mass is 16.4. The minimum Gasteiger partial charge on any atom is -0.481 e. The van der Waals surface area contributed by atoms with Crippen LogP contribution < -0.4 is 0 Å². The molecule has 0 radical (unpaired) electrons. The number of unbranched alkanes of at least 4 members (excludes halogenated alkanes) is 6. The summed E-state index contributed by atoms with van der Waals surface area (Å²) in [6.45, 7) is 6.41. The third-order valence-corrected chi connectivity index (χ3v) is 3.95. The quantitative estimate of drug-likeness (QED) is 0.483. The molecule has 1 N–H and O–H groups in total. The molecule has 0 aromatic rings. The van der Waals surface area contributed by atoms with Crippen molar-refractivity contribution < 1.29 is 9.90 Å². The maximum absolute atomic E-state index is 10.6. The van der Waals surface area contributed by atoms with Crippen molar-refractivity contribution in [1.29, 1.82) is 0 Å². The number of carboxylic acids is 1. The zero-order valence-corrected chi connectivity index (χ0v) is 12.6. The SMILES string of the molecule is CCC(C)CCCCCCCCCC(C)C(=O)O. The number of carbonyl (C=O) groups is 1. The second kappa shape index (κ2) is 11.6. The van der Waals surface area contributed by atoms with Crippen LogP contribution in [0.1, 0.15) is 85.0 Å². The van der Waals surface area contributed by atoms with Crippen LogP contribution in [0.25, 0.3) is 0 Å². The Morgan fingerprint density at radius 3 is 1.78 bits per heavy atom. The van der Waals surface area contributed by atoms with E-state index >= 15 is 0 Å². The van der Waals surface area contributed by atoms with Gasteiger partial charge in [-0.05, 0) is 12.3 Å². The highest BCUT2D eigenvalue weighted by molar-refractivity contribution is 5.69. The van der Waals surface area contributed by atoms with Gasteiger partial charge in [0.15, 0.2) is 0 Å². The van der Waals surface area contributed by atoms with Gasteiger partial charge in [0.2, 0.25) is 0 Å². The number of aliphatic carboxylic acids is 1. The zero-order chi connectivity index (χ0) is 13.8. The molecule has 0 aromatic heterocycles. The second-order valence-electron chi connectivity index (χ2n) is 5.80. The molecule has 0 fully saturated rings. The summed E-state index contributed by atoms with van der Waals surface area (Å²) in [6, 6.07) is 0. The van der Waals surface area contributed by atoms with Crippen molar-refractivity contribution >= 4 is 5.97 Å². The van der Waals surface area contributed by atoms with Gasteiger partial charge in [-0.2, -0.15) is 0 Å². The Morgan fingerprint density at radius 1 is 0.889 bits per heavy atom. The summed E-state index contributed by atoms with van der Waals surface area (Å²) in [5.41, 5.74) is 0. The van der Waals surface area contributed by atoms with E-state index in [0.29, 0.717) is 0 Å². The molecule has 2 heteroatoms. The van der Waals surface area contributed by atoms with E-state index in [-0.39, 0.29) is 5.92 Å². The Bertz CT molecular complexity index is 201. The predicted molar refractivity (Wildman–Crippen MR) is 77.8 cm³/mol. The highest BCUT2D eigenvalue weighted by Gasteiger charge is 2.09. The topological polar surface area (TPSA) is 37.3 Å². The molecule has 2 nitrogen and oxygen atoms in total. The minimum atomic E-state index is -0.653. The Kier molecular flexibility index (Phi) is 11.2. The third kappa shape index (κ3) is 10.6. The van der Waals surface area contributed by atoms with Gasteiger partial charge in [0.25, 0.3) is 0 Å². The summed E-state index contributed by atoms with van der Waals surface area (Å²) in [6.07, 6.45) is 12.5. The lowest BCUT2D eigenvalue weighted by molar-refractivity contribution is -0.141. The molecular weight excluding hydrogens is 224 g/mol. The maximum atomic E-state index is 10.6. The van der Waals surface area contributed by atoms with Gasteiger partial charge in [-0.25, -0.2) is 0 Å². The van der Waals surface area contributed by atoms with Gasteiger partial charge in [0.1, 0.15) is 0 Å². The van der Waals surface area contributed by atoms with Crippen LogP contribution in [0, 0.1) is 11.8 Å². The summed E-state index contributed by atoms with van der Waals surface area (Å²) < 4.78 is 0. The molecule has 0 saturated heterocycles. The average molecular weight is 256 g/mol. The average Bonchev–Trinajstić information content (AvgIpc) is 2.35. The Balaban J connectivity index is 3.14. The molecule has 0 aromatic carbocycles. The number of carboxylic acid groups (broad SMARTS) is 1. The lowest BCUT2D eigenvalue weighted by Crippen LogP contribution is -2.08. The number of hydrogen-bond acceptors (Lipinski definition) is 1. The van der Waals surface area contributed by atoms with Crippen molar-refractivity contribution in [3.8, 4) is 0 Å². The molecule has 0 rings (SSSR count). The van der Waals surface area contributed by atoms with Crippen molar-refractivity contribution in [3.05, 3.63) is 0 Å². The van der Waals surface area contributed by atoms with Gasteiger partial charge >= 0.3 is 5.97 Å². The maximum Gasteiger partial charge on any atom is 0.306 e. The van der Waals surface area contributed by atoms with E-state index in [1.54, 1.807) is 6.92 Å². The summed E-state index contributed by atoms with van der Waals surface area (Å²) in [4.78, 5) is 10.6. The van der Waals surface area contributed by atoms with E-state index in [2.05, 4.69) is 13.8 Å². The van der Waals surface area contributed by atoms with E-state index in [1.165, 1.54) is 51.4 Å². The van der Waals surface area contributed by atoms with E-state index < -0.39 is 5.97 Å². The third-order valence-electron chi connectivity index (χ3n) is 3.95. The molecule has 0 heterocycles. The van der Waals surface area contributed by atoms with Crippen LogP contribution in [0.15, 0.2) is 0 Å². The van der Waals surface area contributed by atoms with Crippen LogP contribution in [-0.2, 0) is 4.79 Å². The lowest BCUT2D eigenvalue weighted by atomic mass is 9.99. The summed E-state index contributed by atoms with van der Waals surface area (Å²) in [7, 11) is 0. The van der Waals surface area contributed by atoms with Crippen LogP contribution in [-0.4, -0.2) is 11.1 Å². The Hall–Kier alpha value is -0.530. The van der Waals surface area contributed by atoms with Crippen LogP contribution in [0.5, 0.6) is 0 Å². The van der Waals surface area contributed by atoms with Crippen molar-refractivity contribution in [3.63, 3.8) is 0 Å². The smallest absolute Gasteiger partial charge is 0.306 e. The van der Waals surface area contributed by atoms with E-state index in [1.807, 2.05) is 0 Å². The van der Waals surface area contributed by atoms with Crippen molar-refractivity contribution in [2.24, 2.45) is 11.8 Å². The van der Waals surface area contributed by atoms with Gasteiger partial charge in [-0.3, -0.25) is 4.79 Å². The first-order valence-corrected chi connectivity index (χ1v) is 7.80. The lowest BCUT2D eigenvalue weighted by Gasteiger charge is -2.08. The van der Waals surface area contributed by atoms with Crippen molar-refractivity contribution in [2.75, 3.05) is 0 Å². The number of hydrogen-bond donors (Lipinski definition) is 1. The molecule has 0 aliphatic carbocycles. The Labute approximate surface area is 113 Å². The van der Waals surface area contributed by atoms with Crippen LogP contribution in [0.4, 0.5) is 0 Å². The molecule has 2 atom stereocenters. The fraction of sp³-hybridized carbons (Fsp3) is 0.938. The van der Waals surface area contributed by atoms with Crippen LogP contribution in [0.2, 0.25) is 0 Å². The van der Waals surface area contributed by atoms with Gasteiger partial charge in [-0.1, -0.05) is 78.6 Å². The van der Waals surface area contributed by atoms with Gasteiger partial charge in [-0.15, -0.1) is 0 Å². The summed E-state index contributed by atoms with van der Waals surface area (Å²) in [5, 5.41) is 8.75. The van der Waals surface area contributed by atoms with E-state index in [0.717, 1.165) is 18.8 Å². The minimum absolute atomic E-state index is 0.166. The van der Waals surface area contributed by atoms with E-state index in [9.17, 15) is 4.79 Å². The van der Waals surface area contributed by atoms with Gasteiger partial charge in [0, 0.05) is 0 Å². The zero-order valence-electron chi connectivity index (χ0n) is 12.6. The summed E-state index contributed by atoms with van der Waals surface area (Å²) in [5.74, 6) is 0.0723. The molecule has 0 aliphatic heterocycles. The van der Waals surface area contributed by atoms with Gasteiger partial charge in [0.05, 0.1) is 5.92 Å². The first-order valence-electron chi connectivity index (χ1n) is 7.80. The molecule has 0 spiro atoms. The monoisotopic (exact) mass is 256 g/mol. The fourth-order valence-corrected chi connectivity index (χ4v) is 2.15. The summed E-state index contributed by atoms with van der Waals surface area (Å²) >= 11 is 0. The first kappa shape index (κ1) is 17.5. The molecule has 0 saturated carbocycles. The standard InChI is InChI=1S/C16H32O2/c1-4-14(2)12-10-8-6-5-7-9-11-13-15(3)16(17)18/h14-15H,4-13H2,1-3H3,(H,17,18). The first-order chi connectivity index (χ1) is 8.57. The molecular formula is C16H32O2. The highest BCUT2D eigenvalue weighted by Crippen LogP contribution is 2.15. The normalized spacial score (nSPS) is 14.4. The predicted octanol–water partition coefficient (Wildman–Crippen LogP) is 5.26. The fourth-order valence-electron chi connectivity index (χ4n) is 2.15. The van der Waals surface area contributed by atoms with E-state index in [4.69, 9.17) is 5.11 Å². The second-order valence-corrected chi connectivity index (χ2v) is 5.80. The van der Waals surface area contributed by atoms with Crippen LogP contribution in [0.3, 0.4) is 0 Å². The van der Waals surface area contributed by atoms with Gasteiger partial charge < -0.3 is 5.11 Å².